The highest BCUT2D eigenvalue weighted by Crippen LogP contribution is 2.51. The second kappa shape index (κ2) is 10.6. The third-order valence-electron chi connectivity index (χ3n) is 12.1. The van der Waals surface area contributed by atoms with Crippen molar-refractivity contribution in [3.8, 4) is 33.6 Å². The Kier molecular flexibility index (Phi) is 5.84. The summed E-state index contributed by atoms with van der Waals surface area (Å²) in [5.74, 6) is 0. The minimum Gasteiger partial charge on any atom is -0.456 e. The van der Waals surface area contributed by atoms with E-state index < -0.39 is 0 Å². The number of nitrogens with zero attached hydrogens (tertiary/aromatic N) is 2. The van der Waals surface area contributed by atoms with Crippen molar-refractivity contribution in [1.29, 1.82) is 0 Å². The zero-order valence-electron chi connectivity index (χ0n) is 30.0. The Hall–Kier alpha value is -6.84. The maximum absolute atomic E-state index is 6.59. The third kappa shape index (κ3) is 3.91. The molecule has 0 unspecified atom stereocenters. The summed E-state index contributed by atoms with van der Waals surface area (Å²) in [6.07, 6.45) is 0. The molecule has 1 aliphatic rings. The topological polar surface area (TPSA) is 23.0 Å². The Bertz CT molecular complexity index is 3350. The Balaban J connectivity index is 1.09. The van der Waals surface area contributed by atoms with Crippen molar-refractivity contribution in [2.75, 3.05) is 0 Å². The van der Waals surface area contributed by atoms with Gasteiger partial charge in [-0.1, -0.05) is 111 Å². The number of fused-ring (bicyclic) bond motifs is 12. The van der Waals surface area contributed by atoms with Crippen LogP contribution in [0.3, 0.4) is 0 Å². The lowest BCUT2D eigenvalue weighted by molar-refractivity contribution is 0.661. The van der Waals surface area contributed by atoms with Gasteiger partial charge < -0.3 is 13.6 Å². The summed E-state index contributed by atoms with van der Waals surface area (Å²) in [6, 6.07) is 62.1. The summed E-state index contributed by atoms with van der Waals surface area (Å²) >= 11 is 0. The van der Waals surface area contributed by atoms with Crippen LogP contribution >= 0.6 is 0 Å². The first kappa shape index (κ1) is 29.7. The van der Waals surface area contributed by atoms with Crippen LogP contribution in [0.4, 0.5) is 0 Å². The average molecular weight is 691 g/mol. The highest BCUT2D eigenvalue weighted by Gasteiger charge is 2.36. The molecule has 54 heavy (non-hydrogen) atoms. The van der Waals surface area contributed by atoms with Gasteiger partial charge in [0.2, 0.25) is 0 Å². The van der Waals surface area contributed by atoms with Crippen LogP contribution in [0.5, 0.6) is 0 Å². The molecule has 3 heteroatoms. The minimum atomic E-state index is -0.0617. The fourth-order valence-electron chi connectivity index (χ4n) is 9.63. The lowest BCUT2D eigenvalue weighted by Crippen LogP contribution is -2.14. The van der Waals surface area contributed by atoms with Gasteiger partial charge in [0.1, 0.15) is 11.2 Å². The molecule has 254 valence electrons. The molecule has 0 saturated heterocycles. The SMILES string of the molecule is CC1(C)c2ccccc2-c2cc3c(cc21)c1ccccc1n3-c1ccc2oc3cccc(-c4ccc5c(c4)c4ccccc4n5-c4ccccc4)c3c2c1. The van der Waals surface area contributed by atoms with Gasteiger partial charge >= 0.3 is 0 Å². The number of hydrogen-bond acceptors (Lipinski definition) is 1. The summed E-state index contributed by atoms with van der Waals surface area (Å²) in [5, 5.41) is 7.28. The van der Waals surface area contributed by atoms with Crippen molar-refractivity contribution in [2.45, 2.75) is 19.3 Å². The van der Waals surface area contributed by atoms with Crippen LogP contribution in [0.1, 0.15) is 25.0 Å². The van der Waals surface area contributed by atoms with Crippen LogP contribution in [0.25, 0.3) is 99.2 Å². The first-order valence-corrected chi connectivity index (χ1v) is 18.8. The predicted molar refractivity (Wildman–Crippen MR) is 225 cm³/mol. The number of rotatable bonds is 3. The number of aromatic nitrogens is 2. The van der Waals surface area contributed by atoms with E-state index in [2.05, 4.69) is 193 Å². The van der Waals surface area contributed by atoms with Crippen molar-refractivity contribution >= 4 is 65.6 Å². The fourth-order valence-corrected chi connectivity index (χ4v) is 9.63. The molecule has 0 amide bonds. The molecule has 0 N–H and O–H groups in total. The molecule has 12 rings (SSSR count). The van der Waals surface area contributed by atoms with Gasteiger partial charge in [-0.25, -0.2) is 0 Å². The summed E-state index contributed by atoms with van der Waals surface area (Å²) in [7, 11) is 0. The largest absolute Gasteiger partial charge is 0.456 e. The molecule has 0 spiro atoms. The van der Waals surface area contributed by atoms with E-state index in [0.717, 1.165) is 33.3 Å². The van der Waals surface area contributed by atoms with Crippen LogP contribution < -0.4 is 0 Å². The van der Waals surface area contributed by atoms with Gasteiger partial charge in [-0.2, -0.15) is 0 Å². The molecule has 3 heterocycles. The Morgan fingerprint density at radius 1 is 0.389 bits per heavy atom. The molecule has 0 bridgehead atoms. The van der Waals surface area contributed by atoms with Gasteiger partial charge in [-0.15, -0.1) is 0 Å². The summed E-state index contributed by atoms with van der Waals surface area (Å²) in [5.41, 5.74) is 16.6. The number of para-hydroxylation sites is 3. The summed E-state index contributed by atoms with van der Waals surface area (Å²) in [6.45, 7) is 4.72. The van der Waals surface area contributed by atoms with E-state index >= 15 is 0 Å². The lowest BCUT2D eigenvalue weighted by atomic mass is 9.82. The number of hydrogen-bond donors (Lipinski definition) is 0. The molecule has 1 aliphatic carbocycles. The van der Waals surface area contributed by atoms with Crippen molar-refractivity contribution in [3.05, 3.63) is 181 Å². The highest BCUT2D eigenvalue weighted by molar-refractivity contribution is 6.16. The first-order valence-electron chi connectivity index (χ1n) is 18.8. The zero-order chi connectivity index (χ0) is 35.7. The van der Waals surface area contributed by atoms with Crippen molar-refractivity contribution < 1.29 is 4.42 Å². The van der Waals surface area contributed by atoms with Gasteiger partial charge in [0.25, 0.3) is 0 Å². The van der Waals surface area contributed by atoms with Crippen LogP contribution in [0.15, 0.2) is 174 Å². The van der Waals surface area contributed by atoms with E-state index in [4.69, 9.17) is 4.42 Å². The smallest absolute Gasteiger partial charge is 0.136 e. The zero-order valence-corrected chi connectivity index (χ0v) is 30.0. The molecule has 0 radical (unpaired) electrons. The van der Waals surface area contributed by atoms with Crippen LogP contribution in [0.2, 0.25) is 0 Å². The van der Waals surface area contributed by atoms with Gasteiger partial charge in [0, 0.05) is 49.1 Å². The van der Waals surface area contributed by atoms with Gasteiger partial charge in [0.15, 0.2) is 0 Å². The van der Waals surface area contributed by atoms with E-state index in [-0.39, 0.29) is 5.41 Å². The van der Waals surface area contributed by atoms with E-state index in [9.17, 15) is 0 Å². The number of benzene rings is 8. The molecule has 11 aromatic rings. The minimum absolute atomic E-state index is 0.0617. The average Bonchev–Trinajstić information content (AvgIpc) is 3.92. The van der Waals surface area contributed by atoms with Crippen molar-refractivity contribution in [1.82, 2.24) is 9.13 Å². The predicted octanol–water partition coefficient (Wildman–Crippen LogP) is 13.8. The standard InChI is InChI=1S/C51H34N2O/c1-51(2)42-19-9-6-15-35(42)38-30-47-40(29-43(38)51)37-17-8-11-21-45(37)53(47)33-24-26-48-41(28-33)50-34(18-12-22-49(50)54-48)31-23-25-46-39(27-31)36-16-7-10-20-44(36)52(46)32-13-4-3-5-14-32/h3-30H,1-2H3. The maximum atomic E-state index is 6.59. The quantitative estimate of drug-likeness (QED) is 0.181. The molecular weight excluding hydrogens is 657 g/mol. The highest BCUT2D eigenvalue weighted by atomic mass is 16.3. The van der Waals surface area contributed by atoms with Crippen molar-refractivity contribution in [3.63, 3.8) is 0 Å². The van der Waals surface area contributed by atoms with Gasteiger partial charge in [-0.3, -0.25) is 0 Å². The normalized spacial score (nSPS) is 13.5. The van der Waals surface area contributed by atoms with Crippen LogP contribution in [-0.2, 0) is 5.41 Å². The molecule has 0 aliphatic heterocycles. The maximum Gasteiger partial charge on any atom is 0.136 e. The fraction of sp³-hybridized carbons (Fsp3) is 0.0588. The lowest BCUT2D eigenvalue weighted by Gasteiger charge is -2.21. The van der Waals surface area contributed by atoms with Crippen LogP contribution in [0, 0.1) is 0 Å². The molecule has 0 fully saturated rings. The Morgan fingerprint density at radius 3 is 1.87 bits per heavy atom. The molecule has 3 aromatic heterocycles. The van der Waals surface area contributed by atoms with Crippen molar-refractivity contribution in [2.24, 2.45) is 0 Å². The first-order chi connectivity index (χ1) is 26.5. The molecule has 8 aromatic carbocycles. The van der Waals surface area contributed by atoms with E-state index in [0.29, 0.717) is 0 Å². The summed E-state index contributed by atoms with van der Waals surface area (Å²) in [4.78, 5) is 0. The van der Waals surface area contributed by atoms with Gasteiger partial charge in [0.05, 0.1) is 22.1 Å². The third-order valence-corrected chi connectivity index (χ3v) is 12.1. The second-order valence-corrected chi connectivity index (χ2v) is 15.3. The molecule has 0 atom stereocenters. The molecular formula is C51H34N2O. The Morgan fingerprint density at radius 2 is 1.06 bits per heavy atom. The van der Waals surface area contributed by atoms with E-state index in [1.807, 2.05) is 0 Å². The Labute approximate surface area is 311 Å². The van der Waals surface area contributed by atoms with Crippen LogP contribution in [-0.4, -0.2) is 9.13 Å². The molecule has 3 nitrogen and oxygen atoms in total. The van der Waals surface area contributed by atoms with Gasteiger partial charge in [-0.05, 0) is 106 Å². The van der Waals surface area contributed by atoms with E-state index in [1.54, 1.807) is 0 Å². The molecule has 0 saturated carbocycles. The van der Waals surface area contributed by atoms with E-state index in [1.165, 1.54) is 77.0 Å². The second-order valence-electron chi connectivity index (χ2n) is 15.3. The summed E-state index contributed by atoms with van der Waals surface area (Å²) < 4.78 is 11.4. The number of furan rings is 1. The monoisotopic (exact) mass is 690 g/mol.